The molecule has 3 amide bonds. The Labute approximate surface area is 228 Å². The number of carbonyl (C=O) groups is 2. The number of benzene rings is 2. The number of carbonyl (C=O) groups excluding carboxylic acids is 2. The summed E-state index contributed by atoms with van der Waals surface area (Å²) < 4.78 is 21.3. The highest BCUT2D eigenvalue weighted by Crippen LogP contribution is 2.26. The number of aromatic nitrogens is 5. The number of hydrogen-bond acceptors (Lipinski definition) is 10. The zero-order valence-electron chi connectivity index (χ0n) is 21.7. The highest BCUT2D eigenvalue weighted by molar-refractivity contribution is 5.98. The van der Waals surface area contributed by atoms with Crippen LogP contribution in [0, 0.1) is 0 Å². The number of imidazole rings is 1. The molecule has 0 radical (unpaired) electrons. The fourth-order valence-electron chi connectivity index (χ4n) is 3.82. The molecule has 15 heteroatoms. The van der Waals surface area contributed by atoms with Gasteiger partial charge in [-0.15, -0.1) is 10.2 Å². The van der Waals surface area contributed by atoms with Crippen molar-refractivity contribution in [2.45, 2.75) is 0 Å². The molecule has 0 bridgehead atoms. The van der Waals surface area contributed by atoms with Crippen molar-refractivity contribution in [3.8, 4) is 11.5 Å². The summed E-state index contributed by atoms with van der Waals surface area (Å²) in [5, 5.41) is 16.1. The normalized spacial score (nSPS) is 13.3. The molecule has 40 heavy (non-hydrogen) atoms. The number of aromatic amines is 2. The van der Waals surface area contributed by atoms with Crippen LogP contribution in [-0.2, 0) is 19.0 Å². The van der Waals surface area contributed by atoms with Gasteiger partial charge in [0.15, 0.2) is 0 Å². The van der Waals surface area contributed by atoms with Crippen LogP contribution in [0.1, 0.15) is 0 Å². The molecule has 2 aromatic carbocycles. The lowest BCUT2D eigenvalue weighted by molar-refractivity contribution is -0.121. The fourth-order valence-corrected chi connectivity index (χ4v) is 3.82. The van der Waals surface area contributed by atoms with Crippen LogP contribution in [0.25, 0.3) is 11.0 Å². The predicted octanol–water partition coefficient (Wildman–Crippen LogP) is 2.56. The second-order valence-electron chi connectivity index (χ2n) is 8.66. The minimum Gasteiger partial charge on any atom is -0.457 e. The molecule has 210 valence electrons. The summed E-state index contributed by atoms with van der Waals surface area (Å²) in [7, 11) is 1.56. The number of amides is 3. The third kappa shape index (κ3) is 7.22. The van der Waals surface area contributed by atoms with Crippen molar-refractivity contribution in [1.82, 2.24) is 25.1 Å². The SMILES string of the molecule is COCCOCC(=O)Nc1nc2cc(Oc3ccc(NC(=O)Nc4nnc(N5CCOCC5)[nH]4)cc3)ccc2[nH]1. The zero-order valence-corrected chi connectivity index (χ0v) is 21.7. The van der Waals surface area contributed by atoms with Crippen molar-refractivity contribution >= 4 is 46.5 Å². The van der Waals surface area contributed by atoms with E-state index in [2.05, 4.69) is 41.1 Å². The van der Waals surface area contributed by atoms with Crippen molar-refractivity contribution < 1.29 is 28.5 Å². The van der Waals surface area contributed by atoms with Crippen molar-refractivity contribution in [3.05, 3.63) is 42.5 Å². The smallest absolute Gasteiger partial charge is 0.326 e. The second-order valence-corrected chi connectivity index (χ2v) is 8.66. The number of rotatable bonds is 11. The Balaban J connectivity index is 1.11. The molecule has 1 aliphatic heterocycles. The summed E-state index contributed by atoms with van der Waals surface area (Å²) in [6.45, 7) is 3.29. The summed E-state index contributed by atoms with van der Waals surface area (Å²) in [5.74, 6) is 1.92. The molecule has 1 aliphatic rings. The molecule has 0 unspecified atom stereocenters. The molecule has 5 rings (SSSR count). The number of methoxy groups -OCH3 is 1. The van der Waals surface area contributed by atoms with Gasteiger partial charge in [0.25, 0.3) is 5.91 Å². The first-order valence-corrected chi connectivity index (χ1v) is 12.5. The molecule has 15 nitrogen and oxygen atoms in total. The van der Waals surface area contributed by atoms with Gasteiger partial charge in [-0.2, -0.15) is 0 Å². The Bertz CT molecular complexity index is 1430. The molecule has 0 aliphatic carbocycles. The Hall–Kier alpha value is -4.73. The van der Waals surface area contributed by atoms with E-state index in [1.165, 1.54) is 0 Å². The van der Waals surface area contributed by atoms with Crippen LogP contribution in [0.15, 0.2) is 42.5 Å². The fraction of sp³-hybridized carbons (Fsp3) is 0.320. The summed E-state index contributed by atoms with van der Waals surface area (Å²) in [6, 6.07) is 11.7. The molecule has 4 aromatic rings. The summed E-state index contributed by atoms with van der Waals surface area (Å²) in [5.41, 5.74) is 1.91. The highest BCUT2D eigenvalue weighted by atomic mass is 16.5. The number of ether oxygens (including phenoxy) is 4. The average Bonchev–Trinajstić information content (AvgIpc) is 3.59. The van der Waals surface area contributed by atoms with Crippen LogP contribution in [-0.4, -0.2) is 90.3 Å². The Morgan fingerprint density at radius 2 is 1.75 bits per heavy atom. The van der Waals surface area contributed by atoms with E-state index in [0.717, 1.165) is 5.52 Å². The van der Waals surface area contributed by atoms with E-state index in [1.54, 1.807) is 49.6 Å². The third-order valence-electron chi connectivity index (χ3n) is 5.74. The average molecular weight is 552 g/mol. The number of morpholine rings is 1. The number of fused-ring (bicyclic) bond motifs is 1. The molecule has 2 aromatic heterocycles. The van der Waals surface area contributed by atoms with Gasteiger partial charge in [0.1, 0.15) is 18.1 Å². The number of hydrogen-bond donors (Lipinski definition) is 5. The van der Waals surface area contributed by atoms with Crippen molar-refractivity contribution in [2.75, 3.05) is 74.1 Å². The van der Waals surface area contributed by atoms with Gasteiger partial charge in [0.05, 0.1) is 37.5 Å². The second kappa shape index (κ2) is 12.9. The molecule has 1 fully saturated rings. The van der Waals surface area contributed by atoms with E-state index in [1.807, 2.05) is 4.90 Å². The van der Waals surface area contributed by atoms with Crippen LogP contribution in [0.3, 0.4) is 0 Å². The maximum atomic E-state index is 12.4. The van der Waals surface area contributed by atoms with Gasteiger partial charge in [-0.1, -0.05) is 0 Å². The Kier molecular flexibility index (Phi) is 8.65. The molecule has 3 heterocycles. The standard InChI is InChI=1S/C25H29N9O6/c1-37-12-13-39-15-21(35)29-22-27-19-7-6-18(14-20(19)28-22)40-17-4-2-16(3-5-17)26-25(36)31-23-30-24(33-32-23)34-8-10-38-11-9-34/h2-7,14H,8-13,15H2,1H3,(H2,27,28,29,35)(H3,26,30,31,32,33,36). The highest BCUT2D eigenvalue weighted by Gasteiger charge is 2.16. The monoisotopic (exact) mass is 551 g/mol. The van der Waals surface area contributed by atoms with Crippen LogP contribution in [0.2, 0.25) is 0 Å². The van der Waals surface area contributed by atoms with E-state index in [0.29, 0.717) is 74.1 Å². The van der Waals surface area contributed by atoms with Crippen LogP contribution in [0.4, 0.5) is 28.3 Å². The maximum absolute atomic E-state index is 12.4. The number of nitrogens with one attached hydrogen (secondary N) is 5. The van der Waals surface area contributed by atoms with E-state index >= 15 is 0 Å². The van der Waals surface area contributed by atoms with Gasteiger partial charge in [-0.3, -0.25) is 20.4 Å². The van der Waals surface area contributed by atoms with Crippen LogP contribution in [0.5, 0.6) is 11.5 Å². The van der Waals surface area contributed by atoms with Gasteiger partial charge in [-0.25, -0.2) is 9.78 Å². The van der Waals surface area contributed by atoms with E-state index in [4.69, 9.17) is 18.9 Å². The van der Waals surface area contributed by atoms with Gasteiger partial charge in [0.2, 0.25) is 17.8 Å². The number of anilines is 4. The molecule has 1 saturated heterocycles. The lowest BCUT2D eigenvalue weighted by Gasteiger charge is -2.25. The van der Waals surface area contributed by atoms with Crippen molar-refractivity contribution in [3.63, 3.8) is 0 Å². The molecular weight excluding hydrogens is 522 g/mol. The third-order valence-corrected chi connectivity index (χ3v) is 5.74. The first-order chi connectivity index (χ1) is 19.6. The van der Waals surface area contributed by atoms with Gasteiger partial charge in [-0.05, 0) is 36.4 Å². The molecule has 5 N–H and O–H groups in total. The Morgan fingerprint density at radius 3 is 2.55 bits per heavy atom. The molecule has 0 saturated carbocycles. The molecule has 0 spiro atoms. The number of urea groups is 1. The van der Waals surface area contributed by atoms with E-state index < -0.39 is 6.03 Å². The van der Waals surface area contributed by atoms with Crippen molar-refractivity contribution in [1.29, 1.82) is 0 Å². The lowest BCUT2D eigenvalue weighted by Crippen LogP contribution is -2.36. The number of nitrogens with zero attached hydrogens (tertiary/aromatic N) is 4. The van der Waals surface area contributed by atoms with Gasteiger partial charge >= 0.3 is 6.03 Å². The number of H-pyrrole nitrogens is 2. The van der Waals surface area contributed by atoms with Crippen LogP contribution < -0.4 is 25.6 Å². The lowest BCUT2D eigenvalue weighted by atomic mass is 10.3. The largest absolute Gasteiger partial charge is 0.457 e. The van der Waals surface area contributed by atoms with Crippen LogP contribution >= 0.6 is 0 Å². The molecule has 0 atom stereocenters. The van der Waals surface area contributed by atoms with E-state index in [9.17, 15) is 9.59 Å². The van der Waals surface area contributed by atoms with Crippen molar-refractivity contribution in [2.24, 2.45) is 0 Å². The summed E-state index contributed by atoms with van der Waals surface area (Å²) in [4.78, 5) is 36.8. The van der Waals surface area contributed by atoms with E-state index in [-0.39, 0.29) is 18.5 Å². The first kappa shape index (κ1) is 26.9. The first-order valence-electron chi connectivity index (χ1n) is 12.5. The van der Waals surface area contributed by atoms with Gasteiger partial charge < -0.3 is 34.1 Å². The Morgan fingerprint density at radius 1 is 0.950 bits per heavy atom. The predicted molar refractivity (Wildman–Crippen MR) is 146 cm³/mol. The summed E-state index contributed by atoms with van der Waals surface area (Å²) >= 11 is 0. The summed E-state index contributed by atoms with van der Waals surface area (Å²) in [6.07, 6.45) is 0. The minimum atomic E-state index is -0.466. The quantitative estimate of drug-likeness (QED) is 0.174. The zero-order chi connectivity index (χ0) is 27.7. The topological polar surface area (TPSA) is 181 Å². The maximum Gasteiger partial charge on any atom is 0.326 e. The van der Waals surface area contributed by atoms with Gasteiger partial charge in [0, 0.05) is 32.0 Å². The molecular formula is C25H29N9O6. The minimum absolute atomic E-state index is 0.100.